The Morgan fingerprint density at radius 2 is 1.78 bits per heavy atom. The average molecular weight is 584 g/mol. The van der Waals surface area contributed by atoms with Crippen molar-refractivity contribution in [1.82, 2.24) is 9.47 Å². The molecule has 0 radical (unpaired) electrons. The number of halogens is 3. The number of alkyl halides is 3. The highest BCUT2D eigenvalue weighted by Gasteiger charge is 2.30. The van der Waals surface area contributed by atoms with Gasteiger partial charge in [0.2, 0.25) is 0 Å². The van der Waals surface area contributed by atoms with E-state index in [4.69, 9.17) is 4.74 Å². The second-order valence-corrected chi connectivity index (χ2v) is 13.4. The monoisotopic (exact) mass is 584 g/mol. The lowest BCUT2D eigenvalue weighted by Crippen LogP contribution is -2.55. The third-order valence-corrected chi connectivity index (χ3v) is 8.38. The van der Waals surface area contributed by atoms with E-state index in [0.29, 0.717) is 22.3 Å². The van der Waals surface area contributed by atoms with Crippen LogP contribution in [0.15, 0.2) is 47.4 Å². The number of methoxy groups -OCH3 is 1. The van der Waals surface area contributed by atoms with E-state index in [9.17, 15) is 21.6 Å². The quantitative estimate of drug-likeness (QED) is 0.309. The summed E-state index contributed by atoms with van der Waals surface area (Å²) in [5, 5.41) is 7.43. The van der Waals surface area contributed by atoms with Crippen LogP contribution in [0.2, 0.25) is 0 Å². The van der Waals surface area contributed by atoms with E-state index in [-0.39, 0.29) is 28.4 Å². The van der Waals surface area contributed by atoms with Crippen LogP contribution < -0.4 is 15.4 Å². The Morgan fingerprint density at radius 1 is 1.07 bits per heavy atom. The summed E-state index contributed by atoms with van der Waals surface area (Å²) in [5.41, 5.74) is 2.05. The second-order valence-electron chi connectivity index (χ2n) is 11.3. The molecular formula is C27H34B3F3N4O3S. The van der Waals surface area contributed by atoms with Crippen molar-refractivity contribution in [3.63, 3.8) is 0 Å². The first-order valence-electron chi connectivity index (χ1n) is 13.5. The molecule has 0 saturated carbocycles. The zero-order valence-electron chi connectivity index (χ0n) is 24.0. The molecule has 0 unspecified atom stereocenters. The molecule has 0 amide bonds. The van der Waals surface area contributed by atoms with Crippen molar-refractivity contribution < 1.29 is 26.3 Å². The first-order valence-corrected chi connectivity index (χ1v) is 15.4. The van der Waals surface area contributed by atoms with Gasteiger partial charge >= 0.3 is 6.18 Å². The maximum absolute atomic E-state index is 13.6. The van der Waals surface area contributed by atoms with E-state index in [0.717, 1.165) is 37.9 Å². The minimum atomic E-state index is -4.42. The number of fused-ring (bicyclic) bond motifs is 1. The highest BCUT2D eigenvalue weighted by Crippen LogP contribution is 2.32. The highest BCUT2D eigenvalue weighted by atomic mass is 32.2. The summed E-state index contributed by atoms with van der Waals surface area (Å²) in [4.78, 5) is 2.56. The first kappa shape index (κ1) is 30.8. The molecule has 0 aliphatic carbocycles. The molecule has 0 spiro atoms. The SMILES string of the molecule is BC(B)(B)N1CCC(Nc2cccc3c2cc(C#CCNc2ccc(S(C)(=O)=O)cc2OC)n3CC(F)(F)F)CC1. The van der Waals surface area contributed by atoms with E-state index in [1.165, 1.54) is 23.8 Å². The fourth-order valence-corrected chi connectivity index (χ4v) is 5.74. The lowest BCUT2D eigenvalue weighted by atomic mass is 9.48. The summed E-state index contributed by atoms with van der Waals surface area (Å²) < 4.78 is 70.9. The number of nitrogens with one attached hydrogen (secondary N) is 2. The molecule has 1 aliphatic rings. The standard InChI is InChI=1S/C27H34B3F3N4O3S/c1-40-25-16-20(41(2,38)39)8-9-23(25)34-12-4-5-19-15-21-22(6-3-7-24(21)37(19)17-26(31,32)33)35-18-10-13-36(14-11-18)27(28,29)30/h3,6-9,15-16,18,34-35H,10-14,17,28-30H2,1-2H3. The van der Waals surface area contributed by atoms with Crippen LogP contribution in [0, 0.1) is 11.8 Å². The predicted molar refractivity (Wildman–Crippen MR) is 166 cm³/mol. The molecular weight excluding hydrogens is 550 g/mol. The van der Waals surface area contributed by atoms with Crippen molar-refractivity contribution in [2.75, 3.05) is 43.6 Å². The Bertz CT molecular complexity index is 1570. The molecule has 7 nitrogen and oxygen atoms in total. The van der Waals surface area contributed by atoms with E-state index in [1.807, 2.05) is 6.07 Å². The predicted octanol–water partition coefficient (Wildman–Crippen LogP) is 1.47. The van der Waals surface area contributed by atoms with Gasteiger partial charge in [0.25, 0.3) is 0 Å². The molecule has 0 atom stereocenters. The number of hydrogen-bond donors (Lipinski definition) is 2. The fourth-order valence-electron chi connectivity index (χ4n) is 5.10. The number of sulfone groups is 1. The van der Waals surface area contributed by atoms with Crippen LogP contribution in [-0.4, -0.2) is 91.9 Å². The Labute approximate surface area is 242 Å². The van der Waals surface area contributed by atoms with E-state index >= 15 is 0 Å². The highest BCUT2D eigenvalue weighted by molar-refractivity contribution is 7.90. The molecule has 2 N–H and O–H groups in total. The molecule has 14 heteroatoms. The maximum Gasteiger partial charge on any atom is 0.406 e. The Hall–Kier alpha value is -3.17. The summed E-state index contributed by atoms with van der Waals surface area (Å²) in [6.07, 6.45) is -1.41. The Kier molecular flexibility index (Phi) is 9.00. The molecule has 1 fully saturated rings. The van der Waals surface area contributed by atoms with E-state index in [1.54, 1.807) is 24.3 Å². The topological polar surface area (TPSA) is 75.6 Å². The minimum Gasteiger partial charge on any atom is -0.495 e. The van der Waals surface area contributed by atoms with Crippen LogP contribution in [0.1, 0.15) is 18.5 Å². The van der Waals surface area contributed by atoms with Crippen LogP contribution in [0.4, 0.5) is 24.5 Å². The number of rotatable bonds is 8. The zero-order chi connectivity index (χ0) is 30.0. The maximum atomic E-state index is 13.6. The minimum absolute atomic E-state index is 0.104. The van der Waals surface area contributed by atoms with E-state index < -0.39 is 22.6 Å². The summed E-state index contributed by atoms with van der Waals surface area (Å²) >= 11 is 0. The van der Waals surface area contributed by atoms with Gasteiger partial charge in [-0.15, -0.1) is 0 Å². The molecule has 1 aromatic heterocycles. The van der Waals surface area contributed by atoms with Gasteiger partial charge in [-0.3, -0.25) is 0 Å². The van der Waals surface area contributed by atoms with Crippen LogP contribution in [-0.2, 0) is 16.4 Å². The van der Waals surface area contributed by atoms with E-state index in [2.05, 4.69) is 50.9 Å². The van der Waals surface area contributed by atoms with Crippen LogP contribution >= 0.6 is 0 Å². The molecule has 1 aliphatic heterocycles. The summed E-state index contributed by atoms with van der Waals surface area (Å²) in [5.74, 6) is 6.13. The van der Waals surface area contributed by atoms with Gasteiger partial charge in [0.05, 0.1) is 35.4 Å². The number of nitrogens with zero attached hydrogens (tertiary/aromatic N) is 2. The molecule has 2 heterocycles. The van der Waals surface area contributed by atoms with Crippen molar-refractivity contribution in [3.05, 3.63) is 48.2 Å². The van der Waals surface area contributed by atoms with Crippen molar-refractivity contribution in [2.45, 2.75) is 41.7 Å². The Morgan fingerprint density at radius 3 is 2.39 bits per heavy atom. The van der Waals surface area contributed by atoms with Gasteiger partial charge in [0, 0.05) is 29.4 Å². The van der Waals surface area contributed by atoms with Gasteiger partial charge in [-0.05, 0) is 62.2 Å². The number of piperidine rings is 1. The number of anilines is 2. The number of ether oxygens (including phenoxy) is 1. The summed E-state index contributed by atoms with van der Waals surface area (Å²) in [6.45, 7) is 0.872. The smallest absolute Gasteiger partial charge is 0.406 e. The number of hydrogen-bond acceptors (Lipinski definition) is 6. The van der Waals surface area contributed by atoms with Crippen molar-refractivity contribution >= 4 is 55.7 Å². The lowest BCUT2D eigenvalue weighted by Gasteiger charge is -2.41. The van der Waals surface area contributed by atoms with Gasteiger partial charge in [-0.25, -0.2) is 8.42 Å². The van der Waals surface area contributed by atoms with Crippen LogP contribution in [0.3, 0.4) is 0 Å². The first-order chi connectivity index (χ1) is 19.2. The number of aromatic nitrogens is 1. The van der Waals surface area contributed by atoms with Gasteiger partial charge in [0.15, 0.2) is 9.84 Å². The summed E-state index contributed by atoms with van der Waals surface area (Å²) in [7, 11) is 4.63. The molecule has 1 saturated heterocycles. The zero-order valence-corrected chi connectivity index (χ0v) is 24.8. The third-order valence-electron chi connectivity index (χ3n) is 7.27. The summed E-state index contributed by atoms with van der Waals surface area (Å²) in [6, 6.07) is 11.7. The number of benzene rings is 2. The van der Waals surface area contributed by atoms with Gasteiger partial charge in [-0.1, -0.05) is 17.2 Å². The Balaban J connectivity index is 1.57. The lowest BCUT2D eigenvalue weighted by molar-refractivity contribution is -0.140. The second kappa shape index (κ2) is 12.0. The normalized spacial score (nSPS) is 15.3. The van der Waals surface area contributed by atoms with Crippen LogP contribution in [0.5, 0.6) is 5.75 Å². The van der Waals surface area contributed by atoms with Gasteiger partial charge in [0.1, 0.15) is 35.8 Å². The van der Waals surface area contributed by atoms with Gasteiger partial charge in [-0.2, -0.15) is 13.2 Å². The largest absolute Gasteiger partial charge is 0.495 e. The van der Waals surface area contributed by atoms with Gasteiger partial charge < -0.3 is 24.8 Å². The molecule has 216 valence electrons. The van der Waals surface area contributed by atoms with Crippen molar-refractivity contribution in [2.24, 2.45) is 0 Å². The van der Waals surface area contributed by atoms with Crippen molar-refractivity contribution in [1.29, 1.82) is 0 Å². The van der Waals surface area contributed by atoms with Crippen LogP contribution in [0.25, 0.3) is 10.9 Å². The number of likely N-dealkylation sites (tertiary alicyclic amines) is 1. The molecule has 4 rings (SSSR count). The fraction of sp³-hybridized carbons (Fsp3) is 0.407. The average Bonchev–Trinajstić information content (AvgIpc) is 3.22. The van der Waals surface area contributed by atoms with Crippen molar-refractivity contribution in [3.8, 4) is 17.6 Å². The molecule has 0 bridgehead atoms. The molecule has 41 heavy (non-hydrogen) atoms. The molecule has 3 aromatic rings. The third kappa shape index (κ3) is 7.77. The molecule has 2 aromatic carbocycles.